The van der Waals surface area contributed by atoms with Crippen molar-refractivity contribution in [3.8, 4) is 0 Å². The van der Waals surface area contributed by atoms with Crippen LogP contribution >= 0.6 is 24.0 Å². The van der Waals surface area contributed by atoms with Gasteiger partial charge in [0.25, 0.3) is 5.56 Å². The highest BCUT2D eigenvalue weighted by atomic mass is 127. The summed E-state index contributed by atoms with van der Waals surface area (Å²) in [7, 11) is 0. The molecule has 3 N–H and O–H groups in total. The van der Waals surface area contributed by atoms with E-state index in [4.69, 9.17) is 5.73 Å². The van der Waals surface area contributed by atoms with Crippen LogP contribution in [0.2, 0.25) is 0 Å². The summed E-state index contributed by atoms with van der Waals surface area (Å²) in [6, 6.07) is 3.63. The first-order chi connectivity index (χ1) is 8.33. The number of aryl methyl sites for hydroxylation is 1. The van der Waals surface area contributed by atoms with Crippen LogP contribution in [-0.2, 0) is 13.1 Å². The Morgan fingerprint density at radius 1 is 1.47 bits per heavy atom. The number of nitrogens with zero attached hydrogens (tertiary/aromatic N) is 2. The zero-order chi connectivity index (χ0) is 13.8. The summed E-state index contributed by atoms with van der Waals surface area (Å²) in [5.74, 6) is 0.355. The average molecular weight is 378 g/mol. The van der Waals surface area contributed by atoms with Crippen molar-refractivity contribution in [2.45, 2.75) is 46.3 Å². The minimum absolute atomic E-state index is 0. The van der Waals surface area contributed by atoms with E-state index in [-0.39, 0.29) is 35.1 Å². The number of hydrogen-bond donors (Lipinski definition) is 2. The maximum atomic E-state index is 11.9. The smallest absolute Gasteiger partial charge is 0.255 e. The summed E-state index contributed by atoms with van der Waals surface area (Å²) < 4.78 is 1.65. The van der Waals surface area contributed by atoms with Gasteiger partial charge in [0.1, 0.15) is 0 Å². The zero-order valence-electron chi connectivity index (χ0n) is 11.9. The van der Waals surface area contributed by atoms with Crippen molar-refractivity contribution in [2.75, 3.05) is 0 Å². The third-order valence-electron chi connectivity index (χ3n) is 2.36. The molecule has 0 aliphatic carbocycles. The van der Waals surface area contributed by atoms with E-state index in [1.54, 1.807) is 16.8 Å². The molecule has 19 heavy (non-hydrogen) atoms. The molecule has 0 radical (unpaired) electrons. The molecular weight excluding hydrogens is 355 g/mol. The van der Waals surface area contributed by atoms with Gasteiger partial charge in [0.2, 0.25) is 0 Å². The Hall–Kier alpha value is -1.05. The number of halogens is 1. The monoisotopic (exact) mass is 378 g/mol. The number of nitrogens with one attached hydrogen (secondary N) is 1. The fourth-order valence-electron chi connectivity index (χ4n) is 1.55. The second kappa shape index (κ2) is 7.52. The molecule has 6 heteroatoms. The maximum absolute atomic E-state index is 11.9. The largest absolute Gasteiger partial charge is 0.370 e. The van der Waals surface area contributed by atoms with Crippen LogP contribution in [0.15, 0.2) is 28.1 Å². The topological polar surface area (TPSA) is 72.4 Å². The van der Waals surface area contributed by atoms with Gasteiger partial charge in [0.05, 0.1) is 6.54 Å². The van der Waals surface area contributed by atoms with Gasteiger partial charge in [-0.05, 0) is 33.8 Å². The molecule has 0 saturated heterocycles. The number of aliphatic imine (C=N–C) groups is 1. The quantitative estimate of drug-likeness (QED) is 0.478. The van der Waals surface area contributed by atoms with Crippen molar-refractivity contribution in [3.05, 3.63) is 34.2 Å². The molecule has 1 aromatic rings. The minimum Gasteiger partial charge on any atom is -0.370 e. The van der Waals surface area contributed by atoms with Crippen LogP contribution in [0.4, 0.5) is 0 Å². The van der Waals surface area contributed by atoms with Gasteiger partial charge < -0.3 is 15.6 Å². The Morgan fingerprint density at radius 3 is 2.63 bits per heavy atom. The Bertz CT molecular complexity index is 488. The van der Waals surface area contributed by atoms with Gasteiger partial charge in [0.15, 0.2) is 5.96 Å². The van der Waals surface area contributed by atoms with Crippen LogP contribution in [0.25, 0.3) is 0 Å². The van der Waals surface area contributed by atoms with E-state index in [1.165, 1.54) is 0 Å². The van der Waals surface area contributed by atoms with Crippen molar-refractivity contribution in [1.29, 1.82) is 0 Å². The number of aromatic nitrogens is 1. The second-order valence-corrected chi connectivity index (χ2v) is 5.20. The Morgan fingerprint density at radius 2 is 2.11 bits per heavy atom. The first kappa shape index (κ1) is 17.9. The Balaban J connectivity index is 0.00000324. The fraction of sp³-hybridized carbons (Fsp3) is 0.538. The van der Waals surface area contributed by atoms with Gasteiger partial charge in [0, 0.05) is 23.8 Å². The van der Waals surface area contributed by atoms with Gasteiger partial charge in [-0.15, -0.1) is 24.0 Å². The first-order valence-corrected chi connectivity index (χ1v) is 6.10. The SMILES string of the molecule is CCn1cccc(CN=C(N)NC(C)(C)C)c1=O.I. The highest BCUT2D eigenvalue weighted by Gasteiger charge is 2.09. The Kier molecular flexibility index (Phi) is 7.10. The third-order valence-corrected chi connectivity index (χ3v) is 2.36. The molecule has 1 aromatic heterocycles. The number of nitrogens with two attached hydrogens (primary N) is 1. The van der Waals surface area contributed by atoms with Crippen LogP contribution < -0.4 is 16.6 Å². The molecule has 1 heterocycles. The van der Waals surface area contributed by atoms with Gasteiger partial charge >= 0.3 is 0 Å². The molecule has 0 fully saturated rings. The van der Waals surface area contributed by atoms with Crippen LogP contribution in [0.3, 0.4) is 0 Å². The van der Waals surface area contributed by atoms with Crippen LogP contribution in [0.1, 0.15) is 33.3 Å². The highest BCUT2D eigenvalue weighted by molar-refractivity contribution is 14.0. The molecule has 0 saturated carbocycles. The van der Waals surface area contributed by atoms with Crippen LogP contribution in [0.5, 0.6) is 0 Å². The lowest BCUT2D eigenvalue weighted by atomic mass is 10.1. The first-order valence-electron chi connectivity index (χ1n) is 6.10. The number of pyridine rings is 1. The number of hydrogen-bond acceptors (Lipinski definition) is 2. The van der Waals surface area contributed by atoms with Crippen molar-refractivity contribution < 1.29 is 0 Å². The molecule has 0 bridgehead atoms. The molecule has 5 nitrogen and oxygen atoms in total. The molecule has 0 unspecified atom stereocenters. The molecule has 108 valence electrons. The van der Waals surface area contributed by atoms with E-state index >= 15 is 0 Å². The van der Waals surface area contributed by atoms with Gasteiger partial charge in [-0.2, -0.15) is 0 Å². The molecule has 0 aliphatic rings. The van der Waals surface area contributed by atoms with Gasteiger partial charge in [-0.1, -0.05) is 6.07 Å². The van der Waals surface area contributed by atoms with Crippen molar-refractivity contribution >= 4 is 29.9 Å². The second-order valence-electron chi connectivity index (χ2n) is 5.20. The molecule has 1 rings (SSSR count). The van der Waals surface area contributed by atoms with E-state index in [2.05, 4.69) is 10.3 Å². The summed E-state index contributed by atoms with van der Waals surface area (Å²) in [4.78, 5) is 16.1. The standard InChI is InChI=1S/C13H22N4O.HI/c1-5-17-8-6-7-10(11(17)18)9-15-12(14)16-13(2,3)4;/h6-8H,5,9H2,1-4H3,(H3,14,15,16);1H. The van der Waals surface area contributed by atoms with Crippen LogP contribution in [0, 0.1) is 0 Å². The number of rotatable bonds is 3. The highest BCUT2D eigenvalue weighted by Crippen LogP contribution is 1.98. The summed E-state index contributed by atoms with van der Waals surface area (Å²) in [5.41, 5.74) is 6.27. The summed E-state index contributed by atoms with van der Waals surface area (Å²) in [6.07, 6.45) is 1.77. The average Bonchev–Trinajstić information content (AvgIpc) is 2.25. The molecule has 0 amide bonds. The zero-order valence-corrected chi connectivity index (χ0v) is 14.3. The molecule has 0 aliphatic heterocycles. The summed E-state index contributed by atoms with van der Waals surface area (Å²) in [5, 5.41) is 3.06. The van der Waals surface area contributed by atoms with E-state index in [9.17, 15) is 4.79 Å². The maximum Gasteiger partial charge on any atom is 0.255 e. The Labute approximate surface area is 131 Å². The normalized spacial score (nSPS) is 11.9. The van der Waals surface area contributed by atoms with E-state index in [1.807, 2.05) is 33.8 Å². The lowest BCUT2D eigenvalue weighted by Gasteiger charge is -2.20. The lowest BCUT2D eigenvalue weighted by Crippen LogP contribution is -2.45. The van der Waals surface area contributed by atoms with Crippen LogP contribution in [-0.4, -0.2) is 16.1 Å². The predicted molar refractivity (Wildman–Crippen MR) is 90.0 cm³/mol. The molecule has 0 aromatic carbocycles. The number of guanidine groups is 1. The van der Waals surface area contributed by atoms with Crippen molar-refractivity contribution in [2.24, 2.45) is 10.7 Å². The molecular formula is C13H23IN4O. The molecule has 0 spiro atoms. The van der Waals surface area contributed by atoms with Gasteiger partial charge in [-0.3, -0.25) is 4.79 Å². The van der Waals surface area contributed by atoms with Crippen molar-refractivity contribution in [1.82, 2.24) is 9.88 Å². The third kappa shape index (κ3) is 6.09. The summed E-state index contributed by atoms with van der Waals surface area (Å²) in [6.45, 7) is 8.90. The minimum atomic E-state index is -0.131. The predicted octanol–water partition coefficient (Wildman–Crippen LogP) is 1.69. The van der Waals surface area contributed by atoms with E-state index in [0.29, 0.717) is 24.6 Å². The van der Waals surface area contributed by atoms with Crippen molar-refractivity contribution in [3.63, 3.8) is 0 Å². The molecule has 0 atom stereocenters. The van der Waals surface area contributed by atoms with E-state index in [0.717, 1.165) is 0 Å². The lowest BCUT2D eigenvalue weighted by molar-refractivity contribution is 0.508. The van der Waals surface area contributed by atoms with Gasteiger partial charge in [-0.25, -0.2) is 4.99 Å². The van der Waals surface area contributed by atoms with E-state index < -0.39 is 0 Å². The summed E-state index contributed by atoms with van der Waals surface area (Å²) >= 11 is 0. The fourth-order valence-corrected chi connectivity index (χ4v) is 1.55.